The van der Waals surface area contributed by atoms with Crippen molar-refractivity contribution in [2.24, 2.45) is 0 Å². The first kappa shape index (κ1) is 22.3. The molecule has 0 N–H and O–H groups in total. The summed E-state index contributed by atoms with van der Waals surface area (Å²) < 4.78 is 47.5. The van der Waals surface area contributed by atoms with Gasteiger partial charge in [-0.05, 0) is 52.1 Å². The third-order valence-electron chi connectivity index (χ3n) is 6.25. The van der Waals surface area contributed by atoms with E-state index in [4.69, 9.17) is 4.42 Å². The number of thiazole rings is 1. The first-order valence-corrected chi connectivity index (χ1v) is 11.9. The van der Waals surface area contributed by atoms with E-state index >= 15 is 0 Å². The second kappa shape index (κ2) is 8.20. The summed E-state index contributed by atoms with van der Waals surface area (Å²) >= 11 is 1.17. The Hall–Kier alpha value is -4.17. The van der Waals surface area contributed by atoms with Crippen molar-refractivity contribution in [1.29, 1.82) is 0 Å². The molecule has 0 saturated carbocycles. The average molecular weight is 504 g/mol. The van der Waals surface area contributed by atoms with Crippen LogP contribution >= 0.6 is 11.3 Å². The fraction of sp³-hybridized carbons (Fsp3) is 0.0714. The molecule has 6 aromatic rings. The molecule has 0 amide bonds. The van der Waals surface area contributed by atoms with Gasteiger partial charge in [-0.15, -0.1) is 11.3 Å². The Bertz CT molecular complexity index is 1910. The predicted octanol–water partition coefficient (Wildman–Crippen LogP) is 6.90. The van der Waals surface area contributed by atoms with Crippen LogP contribution in [0.25, 0.3) is 36.9 Å². The molecule has 0 atom stereocenters. The first-order valence-electron chi connectivity index (χ1n) is 11.0. The van der Waals surface area contributed by atoms with E-state index in [1.165, 1.54) is 34.1 Å². The predicted molar refractivity (Wildman–Crippen MR) is 135 cm³/mol. The lowest BCUT2D eigenvalue weighted by Gasteiger charge is -2.15. The number of halogens is 3. The highest BCUT2D eigenvalue weighted by atomic mass is 32.1. The third kappa shape index (κ3) is 3.61. The van der Waals surface area contributed by atoms with E-state index in [0.29, 0.717) is 32.6 Å². The number of hydrogen-bond acceptors (Lipinski definition) is 4. The maximum absolute atomic E-state index is 13.6. The molecule has 0 radical (unpaired) electrons. The van der Waals surface area contributed by atoms with Gasteiger partial charge in [0.15, 0.2) is 5.52 Å². The van der Waals surface area contributed by atoms with Gasteiger partial charge in [0.2, 0.25) is 0 Å². The molecule has 4 nitrogen and oxygen atoms in total. The zero-order valence-electron chi connectivity index (χ0n) is 18.5. The summed E-state index contributed by atoms with van der Waals surface area (Å²) in [5, 5.41) is 2.01. The second-order valence-electron chi connectivity index (χ2n) is 8.44. The van der Waals surface area contributed by atoms with Crippen LogP contribution in [0.3, 0.4) is 0 Å². The summed E-state index contributed by atoms with van der Waals surface area (Å²) in [6, 6.07) is 21.7. The molecular formula is C28H16F3NO3S. The molecule has 3 aromatic carbocycles. The summed E-state index contributed by atoms with van der Waals surface area (Å²) in [5.41, 5.74) is 0.465. The number of hydrogen-bond donors (Lipinski definition) is 0. The summed E-state index contributed by atoms with van der Waals surface area (Å²) in [7, 11) is 0. The van der Waals surface area contributed by atoms with E-state index in [1.807, 2.05) is 42.5 Å². The third-order valence-corrected chi connectivity index (χ3v) is 7.38. The largest absolute Gasteiger partial charge is 0.430 e. The fourth-order valence-corrected chi connectivity index (χ4v) is 5.90. The van der Waals surface area contributed by atoms with Crippen molar-refractivity contribution >= 4 is 37.2 Å². The zero-order chi connectivity index (χ0) is 25.0. The van der Waals surface area contributed by atoms with Gasteiger partial charge in [0.25, 0.3) is 5.56 Å². The van der Waals surface area contributed by atoms with Gasteiger partial charge in [0.1, 0.15) is 4.83 Å². The van der Waals surface area contributed by atoms with E-state index in [0.717, 1.165) is 28.5 Å². The van der Waals surface area contributed by atoms with Gasteiger partial charge in [-0.1, -0.05) is 54.6 Å². The molecule has 0 aliphatic rings. The van der Waals surface area contributed by atoms with Crippen LogP contribution in [0.4, 0.5) is 13.2 Å². The normalized spacial score (nSPS) is 12.1. The van der Waals surface area contributed by atoms with Gasteiger partial charge in [0.05, 0.1) is 16.5 Å². The minimum Gasteiger partial charge on any atom is -0.430 e. The van der Waals surface area contributed by atoms with Gasteiger partial charge in [-0.2, -0.15) is 13.2 Å². The molecular weight excluding hydrogens is 487 g/mol. The minimum atomic E-state index is -4.53. The molecule has 0 aliphatic heterocycles. The average Bonchev–Trinajstić information content (AvgIpc) is 3.25. The molecule has 0 fully saturated rings. The van der Waals surface area contributed by atoms with Crippen LogP contribution in [0, 0.1) is 0 Å². The number of fused-ring (bicyclic) bond motifs is 4. The van der Waals surface area contributed by atoms with Crippen LogP contribution in [-0.2, 0) is 12.6 Å². The fourth-order valence-electron chi connectivity index (χ4n) is 4.68. The molecule has 36 heavy (non-hydrogen) atoms. The molecule has 3 heterocycles. The van der Waals surface area contributed by atoms with Crippen molar-refractivity contribution < 1.29 is 17.6 Å². The highest BCUT2D eigenvalue weighted by molar-refractivity contribution is 7.24. The number of pyridine rings is 1. The van der Waals surface area contributed by atoms with E-state index in [-0.39, 0.29) is 5.52 Å². The lowest BCUT2D eigenvalue weighted by Crippen LogP contribution is -2.17. The van der Waals surface area contributed by atoms with Crippen LogP contribution in [0.2, 0.25) is 0 Å². The summed E-state index contributed by atoms with van der Waals surface area (Å²) in [4.78, 5) is 26.2. The Kier molecular flexibility index (Phi) is 5.08. The van der Waals surface area contributed by atoms with Crippen molar-refractivity contribution in [3.8, 4) is 11.1 Å². The number of alkyl halides is 3. The standard InChI is InChI=1S/C28H16F3NO3S/c29-28(30,31)20-9-4-8-18(14-20)24-19(13-17-7-3-6-16-5-1-2-10-21(16)17)15-23(33)32-25-22(36-26(24)32)11-12-35-27(25)34/h1-12,14-15H,13H2. The number of aromatic nitrogens is 1. The van der Waals surface area contributed by atoms with Crippen LogP contribution in [0.1, 0.15) is 16.7 Å². The van der Waals surface area contributed by atoms with Crippen LogP contribution in [0.15, 0.2) is 99.1 Å². The zero-order valence-corrected chi connectivity index (χ0v) is 19.3. The summed E-state index contributed by atoms with van der Waals surface area (Å²) in [6.07, 6.45) is -2.97. The maximum atomic E-state index is 13.6. The number of rotatable bonds is 3. The van der Waals surface area contributed by atoms with Crippen molar-refractivity contribution in [3.05, 3.63) is 123 Å². The van der Waals surface area contributed by atoms with E-state index in [9.17, 15) is 22.8 Å². The molecule has 178 valence electrons. The SMILES string of the molecule is O=c1occc2sc3c(-c4cccc(C(F)(F)F)c4)c(Cc4cccc5ccccc45)cc(=O)n3c12. The van der Waals surface area contributed by atoms with Gasteiger partial charge in [0, 0.05) is 11.6 Å². The molecule has 3 aromatic heterocycles. The van der Waals surface area contributed by atoms with Gasteiger partial charge >= 0.3 is 11.8 Å². The van der Waals surface area contributed by atoms with Crippen LogP contribution in [-0.4, -0.2) is 4.40 Å². The number of nitrogens with zero attached hydrogens (tertiary/aromatic N) is 1. The highest BCUT2D eigenvalue weighted by Crippen LogP contribution is 2.38. The molecule has 6 rings (SSSR count). The highest BCUT2D eigenvalue weighted by Gasteiger charge is 2.31. The van der Waals surface area contributed by atoms with Crippen molar-refractivity contribution in [2.45, 2.75) is 12.6 Å². The number of benzene rings is 3. The quantitative estimate of drug-likeness (QED) is 0.264. The van der Waals surface area contributed by atoms with E-state index in [1.54, 1.807) is 12.1 Å². The molecule has 0 bridgehead atoms. The Morgan fingerprint density at radius 3 is 2.47 bits per heavy atom. The van der Waals surface area contributed by atoms with Crippen molar-refractivity contribution in [2.75, 3.05) is 0 Å². The van der Waals surface area contributed by atoms with Crippen LogP contribution < -0.4 is 11.2 Å². The monoisotopic (exact) mass is 503 g/mol. The van der Waals surface area contributed by atoms with E-state index < -0.39 is 22.9 Å². The van der Waals surface area contributed by atoms with Gasteiger partial charge in [-0.3, -0.25) is 9.20 Å². The molecule has 0 aliphatic carbocycles. The van der Waals surface area contributed by atoms with Crippen molar-refractivity contribution in [1.82, 2.24) is 4.40 Å². The smallest absolute Gasteiger partial charge is 0.416 e. The Morgan fingerprint density at radius 1 is 0.861 bits per heavy atom. The van der Waals surface area contributed by atoms with Gasteiger partial charge < -0.3 is 4.42 Å². The Labute approximate surface area is 205 Å². The minimum absolute atomic E-state index is 0.0763. The van der Waals surface area contributed by atoms with Gasteiger partial charge in [-0.25, -0.2) is 4.79 Å². The molecule has 0 unspecified atom stereocenters. The molecule has 0 spiro atoms. The summed E-state index contributed by atoms with van der Waals surface area (Å²) in [6.45, 7) is 0. The lowest BCUT2D eigenvalue weighted by molar-refractivity contribution is -0.137. The lowest BCUT2D eigenvalue weighted by atomic mass is 9.93. The Morgan fingerprint density at radius 2 is 1.64 bits per heavy atom. The van der Waals surface area contributed by atoms with Crippen molar-refractivity contribution in [3.63, 3.8) is 0 Å². The van der Waals surface area contributed by atoms with E-state index in [2.05, 4.69) is 0 Å². The van der Waals surface area contributed by atoms with Crippen LogP contribution in [0.5, 0.6) is 0 Å². The molecule has 0 saturated heterocycles. The Balaban J connectivity index is 1.69. The summed E-state index contributed by atoms with van der Waals surface area (Å²) in [5.74, 6) is 0. The maximum Gasteiger partial charge on any atom is 0.416 e. The first-order chi connectivity index (χ1) is 17.3. The second-order valence-corrected chi connectivity index (χ2v) is 9.47. The molecule has 8 heteroatoms. The topological polar surface area (TPSA) is 51.7 Å².